The number of nitrogens with one attached hydrogen (secondary N) is 1. The van der Waals surface area contributed by atoms with Crippen LogP contribution >= 0.6 is 0 Å². The van der Waals surface area contributed by atoms with Crippen molar-refractivity contribution in [1.82, 2.24) is 9.62 Å². The van der Waals surface area contributed by atoms with E-state index in [1.54, 1.807) is 18.2 Å². The van der Waals surface area contributed by atoms with Crippen LogP contribution in [0.1, 0.15) is 30.4 Å². The van der Waals surface area contributed by atoms with Gasteiger partial charge < -0.3 is 5.32 Å². The van der Waals surface area contributed by atoms with Crippen molar-refractivity contribution in [1.29, 1.82) is 0 Å². The highest BCUT2D eigenvalue weighted by molar-refractivity contribution is 7.89. The number of amides is 1. The number of piperidine rings is 1. The molecule has 0 aliphatic carbocycles. The molecule has 1 aromatic carbocycles. The summed E-state index contributed by atoms with van der Waals surface area (Å²) in [6.07, 6.45) is 2.23. The minimum absolute atomic E-state index is 0.234. The zero-order chi connectivity index (χ0) is 15.6. The molecule has 5 nitrogen and oxygen atoms in total. The molecule has 1 unspecified atom stereocenters. The molecule has 1 amide bonds. The first-order valence-electron chi connectivity index (χ1n) is 7.18. The van der Waals surface area contributed by atoms with E-state index in [0.29, 0.717) is 13.0 Å². The fourth-order valence-corrected chi connectivity index (χ4v) is 4.37. The van der Waals surface area contributed by atoms with Crippen LogP contribution in [0.25, 0.3) is 0 Å². The van der Waals surface area contributed by atoms with Gasteiger partial charge in [-0.05, 0) is 49.9 Å². The quantitative estimate of drug-likeness (QED) is 0.922. The van der Waals surface area contributed by atoms with Crippen LogP contribution in [-0.2, 0) is 14.8 Å². The van der Waals surface area contributed by atoms with Gasteiger partial charge in [0.25, 0.3) is 0 Å². The van der Waals surface area contributed by atoms with E-state index < -0.39 is 16.1 Å². The molecule has 0 saturated carbocycles. The predicted molar refractivity (Wildman–Crippen MR) is 81.5 cm³/mol. The summed E-state index contributed by atoms with van der Waals surface area (Å²) >= 11 is 0. The first-order chi connectivity index (χ1) is 9.87. The maximum atomic E-state index is 12.8. The average Bonchev–Trinajstić information content (AvgIpc) is 2.49. The van der Waals surface area contributed by atoms with Gasteiger partial charge in [0, 0.05) is 13.6 Å². The standard InChI is InChI=1S/C15H22N2O3S/c1-11-7-8-13(10-12(11)2)21(19,20)17-9-5-4-6-14(17)15(18)16-3/h7-8,10,14H,4-6,9H2,1-3H3,(H,16,18). The van der Waals surface area contributed by atoms with E-state index in [2.05, 4.69) is 5.32 Å². The summed E-state index contributed by atoms with van der Waals surface area (Å²) in [5.74, 6) is -0.234. The van der Waals surface area contributed by atoms with Gasteiger partial charge in [-0.3, -0.25) is 4.79 Å². The van der Waals surface area contributed by atoms with Crippen LogP contribution in [0.3, 0.4) is 0 Å². The molecular formula is C15H22N2O3S. The maximum absolute atomic E-state index is 12.8. The third-order valence-electron chi connectivity index (χ3n) is 4.09. The Morgan fingerprint density at radius 3 is 2.57 bits per heavy atom. The van der Waals surface area contributed by atoms with Crippen molar-refractivity contribution < 1.29 is 13.2 Å². The molecule has 1 aliphatic rings. The number of carbonyl (C=O) groups excluding carboxylic acids is 1. The molecule has 21 heavy (non-hydrogen) atoms. The smallest absolute Gasteiger partial charge is 0.243 e. The Hall–Kier alpha value is -1.40. The monoisotopic (exact) mass is 310 g/mol. The van der Waals surface area contributed by atoms with E-state index >= 15 is 0 Å². The normalized spacial score (nSPS) is 20.2. The van der Waals surface area contributed by atoms with Gasteiger partial charge in [-0.15, -0.1) is 0 Å². The summed E-state index contributed by atoms with van der Waals surface area (Å²) in [6.45, 7) is 4.23. The molecule has 2 rings (SSSR count). The lowest BCUT2D eigenvalue weighted by atomic mass is 10.0. The van der Waals surface area contributed by atoms with Gasteiger partial charge in [0.15, 0.2) is 0 Å². The first kappa shape index (κ1) is 16.0. The van der Waals surface area contributed by atoms with Crippen molar-refractivity contribution in [2.24, 2.45) is 0 Å². The summed E-state index contributed by atoms with van der Waals surface area (Å²) in [7, 11) is -2.09. The average molecular weight is 310 g/mol. The van der Waals surface area contributed by atoms with Crippen LogP contribution in [0.5, 0.6) is 0 Å². The highest BCUT2D eigenvalue weighted by Crippen LogP contribution is 2.26. The number of carbonyl (C=O) groups is 1. The minimum atomic E-state index is -3.63. The molecule has 0 radical (unpaired) electrons. The number of rotatable bonds is 3. The summed E-state index contributed by atoms with van der Waals surface area (Å²) in [6, 6.07) is 4.50. The van der Waals surface area contributed by atoms with Gasteiger partial charge in [0.1, 0.15) is 6.04 Å². The van der Waals surface area contributed by atoms with Gasteiger partial charge in [0.2, 0.25) is 15.9 Å². The molecule has 1 heterocycles. The van der Waals surface area contributed by atoms with Crippen molar-refractivity contribution in [3.63, 3.8) is 0 Å². The molecule has 0 spiro atoms. The molecule has 116 valence electrons. The second kappa shape index (κ2) is 6.15. The van der Waals surface area contributed by atoms with Gasteiger partial charge in [-0.2, -0.15) is 4.31 Å². The van der Waals surface area contributed by atoms with Crippen LogP contribution < -0.4 is 5.32 Å². The van der Waals surface area contributed by atoms with E-state index in [1.807, 2.05) is 13.8 Å². The maximum Gasteiger partial charge on any atom is 0.243 e. The predicted octanol–water partition coefficient (Wildman–Crippen LogP) is 1.59. The number of hydrogen-bond acceptors (Lipinski definition) is 3. The molecule has 6 heteroatoms. The van der Waals surface area contributed by atoms with E-state index in [9.17, 15) is 13.2 Å². The molecule has 1 aromatic rings. The summed E-state index contributed by atoms with van der Waals surface area (Å²) in [5, 5.41) is 2.56. The highest BCUT2D eigenvalue weighted by Gasteiger charge is 2.37. The van der Waals surface area contributed by atoms with Crippen LogP contribution in [-0.4, -0.2) is 38.3 Å². The zero-order valence-corrected chi connectivity index (χ0v) is 13.5. The lowest BCUT2D eigenvalue weighted by Gasteiger charge is -2.33. The van der Waals surface area contributed by atoms with E-state index in [4.69, 9.17) is 0 Å². The Morgan fingerprint density at radius 1 is 1.24 bits per heavy atom. The highest BCUT2D eigenvalue weighted by atomic mass is 32.2. The Balaban J connectivity index is 2.40. The van der Waals surface area contributed by atoms with Gasteiger partial charge >= 0.3 is 0 Å². The van der Waals surface area contributed by atoms with Gasteiger partial charge in [0.05, 0.1) is 4.90 Å². The number of nitrogens with zero attached hydrogens (tertiary/aromatic N) is 1. The third-order valence-corrected chi connectivity index (χ3v) is 5.99. The number of sulfonamides is 1. The third kappa shape index (κ3) is 3.11. The Bertz CT molecular complexity index is 640. The fourth-order valence-electron chi connectivity index (χ4n) is 2.63. The van der Waals surface area contributed by atoms with Gasteiger partial charge in [-0.25, -0.2) is 8.42 Å². The molecular weight excluding hydrogens is 288 g/mol. The van der Waals surface area contributed by atoms with Crippen molar-refractivity contribution in [3.05, 3.63) is 29.3 Å². The Morgan fingerprint density at radius 2 is 1.95 bits per heavy atom. The molecule has 1 N–H and O–H groups in total. The van der Waals surface area contributed by atoms with E-state index in [1.165, 1.54) is 11.4 Å². The molecule has 0 aromatic heterocycles. The van der Waals surface area contributed by atoms with Crippen LogP contribution in [0, 0.1) is 13.8 Å². The largest absolute Gasteiger partial charge is 0.358 e. The summed E-state index contributed by atoms with van der Waals surface area (Å²) < 4.78 is 27.0. The summed E-state index contributed by atoms with van der Waals surface area (Å²) in [5.41, 5.74) is 1.99. The molecule has 0 bridgehead atoms. The molecule has 1 saturated heterocycles. The zero-order valence-electron chi connectivity index (χ0n) is 12.7. The Kier molecular flexibility index (Phi) is 4.68. The van der Waals surface area contributed by atoms with Crippen LogP contribution in [0.4, 0.5) is 0 Å². The van der Waals surface area contributed by atoms with E-state index in [0.717, 1.165) is 24.0 Å². The second-order valence-corrected chi connectivity index (χ2v) is 7.38. The molecule has 1 aliphatic heterocycles. The number of likely N-dealkylation sites (N-methyl/N-ethyl adjacent to an activating group) is 1. The first-order valence-corrected chi connectivity index (χ1v) is 8.62. The lowest BCUT2D eigenvalue weighted by Crippen LogP contribution is -2.51. The topological polar surface area (TPSA) is 66.5 Å². The fraction of sp³-hybridized carbons (Fsp3) is 0.533. The van der Waals surface area contributed by atoms with Crippen molar-refractivity contribution in [2.75, 3.05) is 13.6 Å². The lowest BCUT2D eigenvalue weighted by molar-refractivity contribution is -0.125. The number of benzene rings is 1. The van der Waals surface area contributed by atoms with Gasteiger partial charge in [-0.1, -0.05) is 12.5 Å². The molecule has 1 atom stereocenters. The number of aryl methyl sites for hydroxylation is 2. The second-order valence-electron chi connectivity index (χ2n) is 5.49. The number of hydrogen-bond donors (Lipinski definition) is 1. The van der Waals surface area contributed by atoms with Crippen LogP contribution in [0.2, 0.25) is 0 Å². The van der Waals surface area contributed by atoms with Crippen molar-refractivity contribution in [2.45, 2.75) is 44.0 Å². The Labute approximate surface area is 126 Å². The van der Waals surface area contributed by atoms with Crippen LogP contribution in [0.15, 0.2) is 23.1 Å². The van der Waals surface area contributed by atoms with Crippen molar-refractivity contribution >= 4 is 15.9 Å². The summed E-state index contributed by atoms with van der Waals surface area (Å²) in [4.78, 5) is 12.2. The SMILES string of the molecule is CNC(=O)C1CCCCN1S(=O)(=O)c1ccc(C)c(C)c1. The molecule has 1 fully saturated rings. The van der Waals surface area contributed by atoms with Crippen molar-refractivity contribution in [3.8, 4) is 0 Å². The van der Waals surface area contributed by atoms with E-state index in [-0.39, 0.29) is 10.8 Å². The minimum Gasteiger partial charge on any atom is -0.358 e.